The minimum Gasteiger partial charge on any atom is -0.497 e. The Bertz CT molecular complexity index is 663. The second kappa shape index (κ2) is 5.60. The van der Waals surface area contributed by atoms with Gasteiger partial charge in [0.15, 0.2) is 0 Å². The molecule has 1 amide bonds. The summed E-state index contributed by atoms with van der Waals surface area (Å²) in [5.41, 5.74) is 4.10. The largest absolute Gasteiger partial charge is 0.497 e. The zero-order chi connectivity index (χ0) is 14.8. The Balaban J connectivity index is 1.79. The molecule has 0 saturated heterocycles. The van der Waals surface area contributed by atoms with Crippen LogP contribution in [-0.2, 0) is 17.6 Å². The lowest BCUT2D eigenvalue weighted by atomic mass is 10.0. The van der Waals surface area contributed by atoms with Gasteiger partial charge in [-0.15, -0.1) is 0 Å². The second-order valence-electron chi connectivity index (χ2n) is 5.35. The maximum atomic E-state index is 12.6. The van der Waals surface area contributed by atoms with Crippen LogP contribution in [0.25, 0.3) is 0 Å². The van der Waals surface area contributed by atoms with Gasteiger partial charge >= 0.3 is 0 Å². The molecule has 0 aliphatic carbocycles. The van der Waals surface area contributed by atoms with E-state index in [4.69, 9.17) is 4.74 Å². The fourth-order valence-corrected chi connectivity index (χ4v) is 2.77. The fourth-order valence-electron chi connectivity index (χ4n) is 2.77. The van der Waals surface area contributed by atoms with Crippen molar-refractivity contribution in [3.8, 4) is 5.75 Å². The molecule has 0 fully saturated rings. The van der Waals surface area contributed by atoms with Crippen molar-refractivity contribution in [1.29, 1.82) is 0 Å². The number of amides is 1. The summed E-state index contributed by atoms with van der Waals surface area (Å²) >= 11 is 0. The summed E-state index contributed by atoms with van der Waals surface area (Å²) in [5.74, 6) is 0.935. The third-order valence-corrected chi connectivity index (χ3v) is 3.99. The number of nitrogens with one attached hydrogen (secondary N) is 1. The number of methoxy groups -OCH3 is 1. The molecular formula is C16H19N3O2. The summed E-state index contributed by atoms with van der Waals surface area (Å²) in [5, 5.41) is 7.02. The van der Waals surface area contributed by atoms with Crippen molar-refractivity contribution in [2.45, 2.75) is 26.2 Å². The normalized spacial score (nSPS) is 13.9. The number of ether oxygens (including phenoxy) is 1. The van der Waals surface area contributed by atoms with Crippen molar-refractivity contribution in [2.24, 2.45) is 0 Å². The van der Waals surface area contributed by atoms with Gasteiger partial charge in [0.1, 0.15) is 5.75 Å². The van der Waals surface area contributed by atoms with Crippen LogP contribution in [0, 0.1) is 6.92 Å². The first-order valence-corrected chi connectivity index (χ1v) is 7.15. The molecule has 0 atom stereocenters. The van der Waals surface area contributed by atoms with Gasteiger partial charge in [-0.1, -0.05) is 6.07 Å². The van der Waals surface area contributed by atoms with Gasteiger partial charge < -0.3 is 9.64 Å². The topological polar surface area (TPSA) is 58.2 Å². The first kappa shape index (κ1) is 13.7. The summed E-state index contributed by atoms with van der Waals surface area (Å²) in [6.45, 7) is 2.77. The molecule has 1 aliphatic rings. The number of rotatable bonds is 3. The van der Waals surface area contributed by atoms with E-state index in [2.05, 4.69) is 10.2 Å². The van der Waals surface area contributed by atoms with Crippen LogP contribution in [-0.4, -0.2) is 29.8 Å². The summed E-state index contributed by atoms with van der Waals surface area (Å²) in [7, 11) is 1.65. The molecule has 0 saturated carbocycles. The van der Waals surface area contributed by atoms with Crippen molar-refractivity contribution < 1.29 is 9.53 Å². The molecule has 1 aromatic heterocycles. The molecular weight excluding hydrogens is 266 g/mol. The van der Waals surface area contributed by atoms with E-state index in [1.165, 1.54) is 0 Å². The highest BCUT2D eigenvalue weighted by Gasteiger charge is 2.24. The number of nitrogens with zero attached hydrogens (tertiary/aromatic N) is 2. The Labute approximate surface area is 123 Å². The molecule has 1 N–H and O–H groups in total. The highest BCUT2D eigenvalue weighted by molar-refractivity contribution is 5.95. The summed E-state index contributed by atoms with van der Waals surface area (Å²) in [6, 6.07) is 5.82. The third-order valence-electron chi connectivity index (χ3n) is 3.99. The van der Waals surface area contributed by atoms with Crippen molar-refractivity contribution >= 4 is 11.6 Å². The van der Waals surface area contributed by atoms with Crippen LogP contribution in [0.5, 0.6) is 5.75 Å². The van der Waals surface area contributed by atoms with Gasteiger partial charge in [-0.2, -0.15) is 5.10 Å². The molecule has 5 heteroatoms. The summed E-state index contributed by atoms with van der Waals surface area (Å²) in [4.78, 5) is 14.4. The van der Waals surface area contributed by atoms with Crippen molar-refractivity contribution in [2.75, 3.05) is 18.6 Å². The average Bonchev–Trinajstić information content (AvgIpc) is 2.97. The molecule has 3 rings (SSSR count). The number of aromatic nitrogens is 2. The number of anilines is 1. The average molecular weight is 285 g/mol. The number of hydrogen-bond acceptors (Lipinski definition) is 3. The van der Waals surface area contributed by atoms with E-state index in [0.717, 1.165) is 47.6 Å². The smallest absolute Gasteiger partial charge is 0.231 e. The Morgan fingerprint density at radius 1 is 1.48 bits per heavy atom. The number of aryl methyl sites for hydroxylation is 2. The van der Waals surface area contributed by atoms with E-state index in [-0.39, 0.29) is 5.91 Å². The van der Waals surface area contributed by atoms with Crippen LogP contribution in [0.4, 0.5) is 5.69 Å². The number of carbonyl (C=O) groups is 1. The van der Waals surface area contributed by atoms with E-state index in [9.17, 15) is 4.79 Å². The monoisotopic (exact) mass is 285 g/mol. The van der Waals surface area contributed by atoms with Crippen molar-refractivity contribution in [3.05, 3.63) is 41.2 Å². The van der Waals surface area contributed by atoms with Crippen LogP contribution < -0.4 is 9.64 Å². The molecule has 21 heavy (non-hydrogen) atoms. The van der Waals surface area contributed by atoms with Gasteiger partial charge in [-0.05, 0) is 43.0 Å². The van der Waals surface area contributed by atoms with Crippen LogP contribution in [0.2, 0.25) is 0 Å². The molecule has 0 unspecified atom stereocenters. The highest BCUT2D eigenvalue weighted by atomic mass is 16.5. The quantitative estimate of drug-likeness (QED) is 0.941. The first-order chi connectivity index (χ1) is 10.2. The number of hydrogen-bond donors (Lipinski definition) is 1. The van der Waals surface area contributed by atoms with Gasteiger partial charge in [0, 0.05) is 6.54 Å². The van der Waals surface area contributed by atoms with E-state index in [1.807, 2.05) is 30.0 Å². The van der Waals surface area contributed by atoms with E-state index in [0.29, 0.717) is 6.42 Å². The molecule has 5 nitrogen and oxygen atoms in total. The number of fused-ring (bicyclic) bond motifs is 1. The Morgan fingerprint density at radius 3 is 3.10 bits per heavy atom. The Morgan fingerprint density at radius 2 is 2.33 bits per heavy atom. The molecule has 1 aliphatic heterocycles. The van der Waals surface area contributed by atoms with Gasteiger partial charge in [0.2, 0.25) is 5.91 Å². The van der Waals surface area contributed by atoms with Crippen molar-refractivity contribution in [3.63, 3.8) is 0 Å². The van der Waals surface area contributed by atoms with Crippen LogP contribution >= 0.6 is 0 Å². The van der Waals surface area contributed by atoms with E-state index in [1.54, 1.807) is 13.3 Å². The second-order valence-corrected chi connectivity index (χ2v) is 5.35. The molecule has 1 aromatic carbocycles. The standard InChI is InChI=1S/C16H19N3O2/c1-11-8-13(21-2)6-5-12(11)9-16(20)19-7-3-4-14-15(19)10-17-18-14/h5-6,8,10H,3-4,7,9H2,1-2H3,(H,17,18). The van der Waals surface area contributed by atoms with E-state index < -0.39 is 0 Å². The van der Waals surface area contributed by atoms with Gasteiger partial charge in [-0.25, -0.2) is 0 Å². The number of carbonyl (C=O) groups excluding carboxylic acids is 1. The van der Waals surface area contributed by atoms with Crippen LogP contribution in [0.15, 0.2) is 24.4 Å². The Hall–Kier alpha value is -2.30. The predicted octanol–water partition coefficient (Wildman–Crippen LogP) is 2.25. The number of aromatic amines is 1. The van der Waals surface area contributed by atoms with Crippen LogP contribution in [0.1, 0.15) is 23.2 Å². The minimum absolute atomic E-state index is 0.116. The summed E-state index contributed by atoms with van der Waals surface area (Å²) < 4.78 is 5.20. The zero-order valence-electron chi connectivity index (χ0n) is 12.3. The molecule has 0 radical (unpaired) electrons. The zero-order valence-corrected chi connectivity index (χ0v) is 12.3. The summed E-state index contributed by atoms with van der Waals surface area (Å²) in [6.07, 6.45) is 4.08. The number of benzene rings is 1. The Kier molecular flexibility index (Phi) is 3.64. The van der Waals surface area contributed by atoms with Crippen molar-refractivity contribution in [1.82, 2.24) is 10.2 Å². The fraction of sp³-hybridized carbons (Fsp3) is 0.375. The number of H-pyrrole nitrogens is 1. The molecule has 2 aromatic rings. The first-order valence-electron chi connectivity index (χ1n) is 7.15. The lowest BCUT2D eigenvalue weighted by Crippen LogP contribution is -2.36. The predicted molar refractivity (Wildman–Crippen MR) is 80.7 cm³/mol. The maximum absolute atomic E-state index is 12.6. The van der Waals surface area contributed by atoms with Gasteiger partial charge in [-0.3, -0.25) is 9.89 Å². The van der Waals surface area contributed by atoms with Gasteiger partial charge in [0.25, 0.3) is 0 Å². The third kappa shape index (κ3) is 2.63. The lowest BCUT2D eigenvalue weighted by Gasteiger charge is -2.26. The maximum Gasteiger partial charge on any atom is 0.231 e. The molecule has 110 valence electrons. The SMILES string of the molecule is COc1ccc(CC(=O)N2CCCc3[nH]ncc32)c(C)c1. The minimum atomic E-state index is 0.116. The molecule has 0 spiro atoms. The molecule has 2 heterocycles. The highest BCUT2D eigenvalue weighted by Crippen LogP contribution is 2.26. The van der Waals surface area contributed by atoms with E-state index >= 15 is 0 Å². The lowest BCUT2D eigenvalue weighted by molar-refractivity contribution is -0.118. The van der Waals surface area contributed by atoms with Crippen LogP contribution in [0.3, 0.4) is 0 Å². The molecule has 0 bridgehead atoms. The van der Waals surface area contributed by atoms with Gasteiger partial charge in [0.05, 0.1) is 31.1 Å².